The molecule has 1 N–H and O–H groups in total. The summed E-state index contributed by atoms with van der Waals surface area (Å²) in [5, 5.41) is 10.2. The predicted molar refractivity (Wildman–Crippen MR) is 59.2 cm³/mol. The Morgan fingerprint density at radius 1 is 1.60 bits per heavy atom. The Morgan fingerprint density at radius 2 is 2.27 bits per heavy atom. The van der Waals surface area contributed by atoms with Gasteiger partial charge in [0, 0.05) is 15.8 Å². The van der Waals surface area contributed by atoms with E-state index in [0.717, 1.165) is 5.57 Å². The Balaban J connectivity index is 2.08. The summed E-state index contributed by atoms with van der Waals surface area (Å²) >= 11 is 3.48. The lowest BCUT2D eigenvalue weighted by atomic mass is 9.84. The van der Waals surface area contributed by atoms with Crippen molar-refractivity contribution in [2.45, 2.75) is 42.2 Å². The summed E-state index contributed by atoms with van der Waals surface area (Å²) in [5.74, 6) is 0.598. The van der Waals surface area contributed by atoms with Crippen LogP contribution in [0.25, 0.3) is 0 Å². The number of alkyl halides is 1. The maximum absolute atomic E-state index is 10.2. The van der Waals surface area contributed by atoms with Crippen LogP contribution in [0.4, 0.5) is 0 Å². The van der Waals surface area contributed by atoms with Crippen LogP contribution in [-0.4, -0.2) is 37.7 Å². The maximum Gasteiger partial charge on any atom is 0.211 e. The van der Waals surface area contributed by atoms with Crippen LogP contribution in [-0.2, 0) is 9.47 Å². The molecule has 0 aromatic heterocycles. The third-order valence-corrected chi connectivity index (χ3v) is 5.28. The second-order valence-corrected chi connectivity index (χ2v) is 6.17. The van der Waals surface area contributed by atoms with E-state index >= 15 is 0 Å². The monoisotopic (exact) mass is 287 g/mol. The van der Waals surface area contributed by atoms with Crippen molar-refractivity contribution in [2.24, 2.45) is 5.92 Å². The fourth-order valence-electron chi connectivity index (χ4n) is 2.59. The average Bonchev–Trinajstić information content (AvgIpc) is 3.00. The van der Waals surface area contributed by atoms with E-state index in [1.165, 1.54) is 0 Å². The minimum Gasteiger partial charge on any atom is -0.508 e. The molecule has 0 saturated carbocycles. The van der Waals surface area contributed by atoms with Crippen molar-refractivity contribution in [3.63, 3.8) is 0 Å². The molecule has 3 radical (unpaired) electrons. The highest BCUT2D eigenvalue weighted by Gasteiger charge is 2.83. The van der Waals surface area contributed by atoms with Gasteiger partial charge in [-0.25, -0.2) is 0 Å². The molecule has 81 valence electrons. The summed E-state index contributed by atoms with van der Waals surface area (Å²) in [7, 11) is 3.48. The first kappa shape index (κ1) is 10.3. The standard InChI is InChI=1S/C10H12BrO3Si/c1-4(2)5-6-8(13-6)9(3-15)10(11,14-9)7(5)12/h4,6,8,12H,3H2,1-2H3. The molecule has 4 atom stereocenters. The van der Waals surface area contributed by atoms with Crippen LogP contribution in [0.5, 0.6) is 0 Å². The molecule has 3 nitrogen and oxygen atoms in total. The molecule has 0 amide bonds. The number of aliphatic hydroxyl groups excluding tert-OH is 1. The van der Waals surface area contributed by atoms with Crippen LogP contribution in [0, 0.1) is 5.92 Å². The van der Waals surface area contributed by atoms with Crippen molar-refractivity contribution >= 4 is 26.2 Å². The summed E-state index contributed by atoms with van der Waals surface area (Å²) in [6.07, 6.45) is 0.136. The second-order valence-electron chi connectivity index (χ2n) is 4.70. The molecule has 3 rings (SSSR count). The van der Waals surface area contributed by atoms with Crippen molar-refractivity contribution in [2.75, 3.05) is 0 Å². The van der Waals surface area contributed by atoms with Crippen molar-refractivity contribution < 1.29 is 14.6 Å². The zero-order valence-corrected chi connectivity index (χ0v) is 11.2. The fraction of sp³-hybridized carbons (Fsp3) is 0.800. The molecule has 1 aliphatic carbocycles. The topological polar surface area (TPSA) is 45.3 Å². The highest BCUT2D eigenvalue weighted by Crippen LogP contribution is 2.70. The molecule has 2 saturated heterocycles. The molecule has 2 aliphatic heterocycles. The van der Waals surface area contributed by atoms with Crippen LogP contribution >= 0.6 is 15.9 Å². The van der Waals surface area contributed by atoms with Crippen molar-refractivity contribution in [1.82, 2.24) is 0 Å². The van der Waals surface area contributed by atoms with Gasteiger partial charge >= 0.3 is 0 Å². The smallest absolute Gasteiger partial charge is 0.211 e. The van der Waals surface area contributed by atoms with Crippen LogP contribution in [0.2, 0.25) is 6.04 Å². The summed E-state index contributed by atoms with van der Waals surface area (Å²) in [5.41, 5.74) is 0.571. The van der Waals surface area contributed by atoms with Gasteiger partial charge in [-0.1, -0.05) is 13.8 Å². The molecule has 0 spiro atoms. The Hall–Kier alpha value is 0.157. The quantitative estimate of drug-likeness (QED) is 0.478. The van der Waals surface area contributed by atoms with Crippen molar-refractivity contribution in [3.8, 4) is 0 Å². The van der Waals surface area contributed by atoms with Gasteiger partial charge in [0.05, 0.1) is 0 Å². The molecule has 5 heteroatoms. The third kappa shape index (κ3) is 0.982. The lowest BCUT2D eigenvalue weighted by Gasteiger charge is -2.21. The molecular formula is C10H12BrO3Si. The van der Waals surface area contributed by atoms with Gasteiger partial charge in [0.2, 0.25) is 4.51 Å². The SMILES string of the molecule is CC(C)C1=C(O)C2(Br)OC2(C[Si])C2OC12. The number of hydrogen-bond donors (Lipinski definition) is 1. The number of hydrogen-bond acceptors (Lipinski definition) is 3. The molecule has 0 bridgehead atoms. The highest BCUT2D eigenvalue weighted by molar-refractivity contribution is 9.10. The number of fused-ring (bicyclic) bond motifs is 3. The van der Waals surface area contributed by atoms with E-state index in [-0.39, 0.29) is 18.1 Å². The van der Waals surface area contributed by atoms with Gasteiger partial charge in [0.1, 0.15) is 23.6 Å². The van der Waals surface area contributed by atoms with E-state index in [1.54, 1.807) is 0 Å². The number of ether oxygens (including phenoxy) is 2. The summed E-state index contributed by atoms with van der Waals surface area (Å²) < 4.78 is 10.6. The lowest BCUT2D eigenvalue weighted by Crippen LogP contribution is -2.35. The van der Waals surface area contributed by atoms with E-state index < -0.39 is 10.1 Å². The number of rotatable bonds is 2. The molecule has 15 heavy (non-hydrogen) atoms. The highest BCUT2D eigenvalue weighted by atomic mass is 79.9. The van der Waals surface area contributed by atoms with Gasteiger partial charge in [-0.15, -0.1) is 0 Å². The minimum absolute atomic E-state index is 0.0505. The first-order valence-electron chi connectivity index (χ1n) is 5.10. The van der Waals surface area contributed by atoms with E-state index in [1.807, 2.05) is 0 Å². The minimum atomic E-state index is -0.709. The molecule has 2 heterocycles. The second kappa shape index (κ2) is 2.69. The number of halogens is 1. The zero-order chi connectivity index (χ0) is 11.0. The van der Waals surface area contributed by atoms with Gasteiger partial charge in [-0.2, -0.15) is 0 Å². The Kier molecular flexibility index (Phi) is 1.85. The predicted octanol–water partition coefficient (Wildman–Crippen LogP) is 1.68. The molecular weight excluding hydrogens is 276 g/mol. The van der Waals surface area contributed by atoms with Gasteiger partial charge in [-0.05, 0) is 27.9 Å². The first-order chi connectivity index (χ1) is 6.98. The largest absolute Gasteiger partial charge is 0.508 e. The summed E-state index contributed by atoms with van der Waals surface area (Å²) in [4.78, 5) is 0. The lowest BCUT2D eigenvalue weighted by molar-refractivity contribution is 0.235. The van der Waals surface area contributed by atoms with Crippen LogP contribution in [0.3, 0.4) is 0 Å². The van der Waals surface area contributed by atoms with Gasteiger partial charge < -0.3 is 14.6 Å². The Bertz CT molecular complexity index is 370. The van der Waals surface area contributed by atoms with Crippen LogP contribution < -0.4 is 0 Å². The number of epoxide rings is 2. The zero-order valence-electron chi connectivity index (χ0n) is 8.58. The summed E-state index contributed by atoms with van der Waals surface area (Å²) in [6, 6.07) is 0.662. The van der Waals surface area contributed by atoms with E-state index in [2.05, 4.69) is 40.0 Å². The molecule has 0 aromatic rings. The Labute approximate surface area is 100 Å². The maximum atomic E-state index is 10.2. The summed E-state index contributed by atoms with van der Waals surface area (Å²) in [6.45, 7) is 4.12. The number of aliphatic hydroxyl groups is 1. The molecule has 3 aliphatic rings. The normalized spacial score (nSPS) is 51.5. The van der Waals surface area contributed by atoms with Gasteiger partial charge in [-0.3, -0.25) is 0 Å². The molecule has 4 unspecified atom stereocenters. The van der Waals surface area contributed by atoms with Gasteiger partial charge in [0.15, 0.2) is 0 Å². The van der Waals surface area contributed by atoms with Crippen molar-refractivity contribution in [3.05, 3.63) is 11.3 Å². The third-order valence-electron chi connectivity index (χ3n) is 3.55. The van der Waals surface area contributed by atoms with Crippen molar-refractivity contribution in [1.29, 1.82) is 0 Å². The average molecular weight is 288 g/mol. The Morgan fingerprint density at radius 3 is 2.80 bits per heavy atom. The van der Waals surface area contributed by atoms with Crippen LogP contribution in [0.1, 0.15) is 13.8 Å². The fourth-order valence-corrected chi connectivity index (χ4v) is 4.26. The van der Waals surface area contributed by atoms with Gasteiger partial charge in [0.25, 0.3) is 0 Å². The van der Waals surface area contributed by atoms with E-state index in [9.17, 15) is 5.11 Å². The van der Waals surface area contributed by atoms with E-state index in [0.29, 0.717) is 11.8 Å². The van der Waals surface area contributed by atoms with Crippen LogP contribution in [0.15, 0.2) is 11.3 Å². The first-order valence-corrected chi connectivity index (χ1v) is 6.60. The molecule has 2 fully saturated rings. The van der Waals surface area contributed by atoms with E-state index in [4.69, 9.17) is 9.47 Å². The molecule has 0 aromatic carbocycles.